The Labute approximate surface area is 122 Å². The SMILES string of the molecule is CN(C)c1ncccc1NC(=O)c1c[nH]c2ccccc12. The van der Waals surface area contributed by atoms with Crippen LogP contribution < -0.4 is 10.2 Å². The second kappa shape index (κ2) is 5.28. The van der Waals surface area contributed by atoms with Gasteiger partial charge in [-0.3, -0.25) is 4.79 Å². The number of para-hydroxylation sites is 1. The Kier molecular flexibility index (Phi) is 3.31. The molecule has 5 heteroatoms. The Morgan fingerprint density at radius 1 is 1.19 bits per heavy atom. The summed E-state index contributed by atoms with van der Waals surface area (Å²) >= 11 is 0. The third kappa shape index (κ3) is 2.45. The first-order valence-electron chi connectivity index (χ1n) is 6.66. The predicted molar refractivity (Wildman–Crippen MR) is 84.8 cm³/mol. The van der Waals surface area contributed by atoms with Gasteiger partial charge in [0.05, 0.1) is 11.3 Å². The van der Waals surface area contributed by atoms with E-state index in [4.69, 9.17) is 0 Å². The number of hydrogen-bond acceptors (Lipinski definition) is 3. The quantitative estimate of drug-likeness (QED) is 0.775. The van der Waals surface area contributed by atoms with Crippen molar-refractivity contribution in [1.29, 1.82) is 0 Å². The monoisotopic (exact) mass is 280 g/mol. The second-order valence-corrected chi connectivity index (χ2v) is 4.97. The summed E-state index contributed by atoms with van der Waals surface area (Å²) in [5.41, 5.74) is 2.26. The molecule has 1 amide bonds. The molecule has 0 aliphatic rings. The zero-order valence-corrected chi connectivity index (χ0v) is 11.9. The number of benzene rings is 1. The van der Waals surface area contributed by atoms with Crippen LogP contribution in [0, 0.1) is 0 Å². The molecular weight excluding hydrogens is 264 g/mol. The van der Waals surface area contributed by atoms with E-state index in [1.54, 1.807) is 18.5 Å². The minimum Gasteiger partial charge on any atom is -0.361 e. The van der Waals surface area contributed by atoms with Crippen molar-refractivity contribution in [1.82, 2.24) is 9.97 Å². The average Bonchev–Trinajstić information content (AvgIpc) is 2.91. The minimum absolute atomic E-state index is 0.149. The summed E-state index contributed by atoms with van der Waals surface area (Å²) < 4.78 is 0. The van der Waals surface area contributed by atoms with Crippen LogP contribution in [0.2, 0.25) is 0 Å². The maximum atomic E-state index is 12.5. The van der Waals surface area contributed by atoms with Crippen LogP contribution in [0.4, 0.5) is 11.5 Å². The normalized spacial score (nSPS) is 10.6. The Bertz CT molecular complexity index is 792. The molecule has 1 aromatic carbocycles. The van der Waals surface area contributed by atoms with Crippen LogP contribution in [0.3, 0.4) is 0 Å². The lowest BCUT2D eigenvalue weighted by Gasteiger charge is -2.16. The zero-order chi connectivity index (χ0) is 14.8. The highest BCUT2D eigenvalue weighted by atomic mass is 16.1. The van der Waals surface area contributed by atoms with Crippen LogP contribution in [-0.4, -0.2) is 30.0 Å². The van der Waals surface area contributed by atoms with E-state index in [-0.39, 0.29) is 5.91 Å². The number of anilines is 2. The summed E-state index contributed by atoms with van der Waals surface area (Å²) in [5, 5.41) is 3.83. The molecule has 3 aromatic rings. The lowest BCUT2D eigenvalue weighted by atomic mass is 10.1. The molecule has 0 spiro atoms. The van der Waals surface area contributed by atoms with Gasteiger partial charge in [-0.1, -0.05) is 18.2 Å². The molecule has 5 nitrogen and oxygen atoms in total. The predicted octanol–water partition coefficient (Wildman–Crippen LogP) is 2.88. The highest BCUT2D eigenvalue weighted by molar-refractivity contribution is 6.13. The molecule has 0 saturated heterocycles. The van der Waals surface area contributed by atoms with Gasteiger partial charge in [0, 0.05) is 37.4 Å². The van der Waals surface area contributed by atoms with Gasteiger partial charge in [0.2, 0.25) is 0 Å². The number of aromatic amines is 1. The van der Waals surface area contributed by atoms with Gasteiger partial charge in [0.15, 0.2) is 5.82 Å². The summed E-state index contributed by atoms with van der Waals surface area (Å²) in [6.07, 6.45) is 3.43. The Hall–Kier alpha value is -2.82. The van der Waals surface area contributed by atoms with Crippen molar-refractivity contribution in [3.8, 4) is 0 Å². The molecule has 2 aromatic heterocycles. The van der Waals surface area contributed by atoms with Crippen molar-refractivity contribution >= 4 is 28.3 Å². The van der Waals surface area contributed by atoms with Crippen molar-refractivity contribution in [3.05, 3.63) is 54.4 Å². The smallest absolute Gasteiger partial charge is 0.257 e. The van der Waals surface area contributed by atoms with Gasteiger partial charge in [-0.05, 0) is 18.2 Å². The van der Waals surface area contributed by atoms with Crippen LogP contribution in [-0.2, 0) is 0 Å². The Morgan fingerprint density at radius 2 is 2.00 bits per heavy atom. The van der Waals surface area contributed by atoms with Gasteiger partial charge >= 0.3 is 0 Å². The van der Waals surface area contributed by atoms with Gasteiger partial charge in [-0.25, -0.2) is 4.98 Å². The third-order valence-electron chi connectivity index (χ3n) is 3.29. The molecule has 106 valence electrons. The first-order chi connectivity index (χ1) is 10.2. The maximum absolute atomic E-state index is 12.5. The van der Waals surface area contributed by atoms with E-state index in [0.717, 1.165) is 16.7 Å². The third-order valence-corrected chi connectivity index (χ3v) is 3.29. The highest BCUT2D eigenvalue weighted by Crippen LogP contribution is 2.23. The largest absolute Gasteiger partial charge is 0.361 e. The molecule has 0 bridgehead atoms. The number of pyridine rings is 1. The second-order valence-electron chi connectivity index (χ2n) is 4.97. The van der Waals surface area contributed by atoms with E-state index in [2.05, 4.69) is 15.3 Å². The molecule has 0 saturated carbocycles. The molecule has 0 fully saturated rings. The fraction of sp³-hybridized carbons (Fsp3) is 0.125. The van der Waals surface area contributed by atoms with Gasteiger partial charge in [-0.15, -0.1) is 0 Å². The topological polar surface area (TPSA) is 61.0 Å². The number of H-pyrrole nitrogens is 1. The summed E-state index contributed by atoms with van der Waals surface area (Å²) in [6.45, 7) is 0. The molecule has 0 atom stereocenters. The zero-order valence-electron chi connectivity index (χ0n) is 11.9. The van der Waals surface area contributed by atoms with Gasteiger partial charge in [-0.2, -0.15) is 0 Å². The van der Waals surface area contributed by atoms with Crippen molar-refractivity contribution in [2.24, 2.45) is 0 Å². The van der Waals surface area contributed by atoms with Crippen LogP contribution in [0.25, 0.3) is 10.9 Å². The number of amides is 1. The van der Waals surface area contributed by atoms with E-state index < -0.39 is 0 Å². The van der Waals surface area contributed by atoms with Crippen molar-refractivity contribution in [2.45, 2.75) is 0 Å². The molecular formula is C16H16N4O. The highest BCUT2D eigenvalue weighted by Gasteiger charge is 2.14. The molecule has 0 unspecified atom stereocenters. The average molecular weight is 280 g/mol. The Balaban J connectivity index is 1.94. The summed E-state index contributed by atoms with van der Waals surface area (Å²) in [7, 11) is 3.79. The summed E-state index contributed by atoms with van der Waals surface area (Å²) in [6, 6.07) is 11.4. The number of carbonyl (C=O) groups excluding carboxylic acids is 1. The van der Waals surface area contributed by atoms with Crippen LogP contribution >= 0.6 is 0 Å². The molecule has 0 aliphatic carbocycles. The number of carbonyl (C=O) groups is 1. The molecule has 21 heavy (non-hydrogen) atoms. The number of nitrogens with one attached hydrogen (secondary N) is 2. The van der Waals surface area contributed by atoms with Gasteiger partial charge in [0.25, 0.3) is 5.91 Å². The van der Waals surface area contributed by atoms with E-state index in [0.29, 0.717) is 11.3 Å². The standard InChI is InChI=1S/C16H16N4O/c1-20(2)15-14(8-5-9-17-15)19-16(21)12-10-18-13-7-4-3-6-11(12)13/h3-10,18H,1-2H3,(H,19,21). The summed E-state index contributed by atoms with van der Waals surface area (Å²) in [4.78, 5) is 21.7. The maximum Gasteiger partial charge on any atom is 0.257 e. The first-order valence-corrected chi connectivity index (χ1v) is 6.66. The fourth-order valence-corrected chi connectivity index (χ4v) is 2.30. The van der Waals surface area contributed by atoms with E-state index in [9.17, 15) is 4.79 Å². The van der Waals surface area contributed by atoms with Crippen LogP contribution in [0.5, 0.6) is 0 Å². The van der Waals surface area contributed by atoms with Crippen LogP contribution in [0.1, 0.15) is 10.4 Å². The summed E-state index contributed by atoms with van der Waals surface area (Å²) in [5.74, 6) is 0.578. The number of aromatic nitrogens is 2. The van der Waals surface area contributed by atoms with E-state index in [1.165, 1.54) is 0 Å². The van der Waals surface area contributed by atoms with Crippen LogP contribution in [0.15, 0.2) is 48.8 Å². The van der Waals surface area contributed by atoms with Crippen molar-refractivity contribution in [2.75, 3.05) is 24.3 Å². The lowest BCUT2D eigenvalue weighted by Crippen LogP contribution is -2.17. The van der Waals surface area contributed by atoms with E-state index >= 15 is 0 Å². The van der Waals surface area contributed by atoms with Crippen molar-refractivity contribution in [3.63, 3.8) is 0 Å². The number of nitrogens with zero attached hydrogens (tertiary/aromatic N) is 2. The fourth-order valence-electron chi connectivity index (χ4n) is 2.30. The molecule has 0 radical (unpaired) electrons. The molecule has 0 aliphatic heterocycles. The number of fused-ring (bicyclic) bond motifs is 1. The first kappa shape index (κ1) is 13.2. The molecule has 2 N–H and O–H groups in total. The van der Waals surface area contributed by atoms with Gasteiger partial charge in [0.1, 0.15) is 0 Å². The van der Waals surface area contributed by atoms with E-state index in [1.807, 2.05) is 49.3 Å². The minimum atomic E-state index is -0.149. The number of hydrogen-bond donors (Lipinski definition) is 2. The van der Waals surface area contributed by atoms with Crippen molar-refractivity contribution < 1.29 is 4.79 Å². The Morgan fingerprint density at radius 3 is 2.81 bits per heavy atom. The lowest BCUT2D eigenvalue weighted by molar-refractivity contribution is 0.102. The molecule has 3 rings (SSSR count). The number of rotatable bonds is 3. The van der Waals surface area contributed by atoms with Gasteiger partial charge < -0.3 is 15.2 Å². The molecule has 2 heterocycles.